The molecule has 4 fully saturated rings. The number of allylic oxidation sites excluding steroid dienone is 2. The lowest BCUT2D eigenvalue weighted by Crippen LogP contribution is -2.58. The number of carbonyl (C=O) groups excluding carboxylic acids is 1. The van der Waals surface area contributed by atoms with E-state index in [1.165, 1.54) is 25.7 Å². The predicted octanol–water partition coefficient (Wildman–Crippen LogP) is 5.54. The summed E-state index contributed by atoms with van der Waals surface area (Å²) in [5.41, 5.74) is 0.662. The molecule has 4 aliphatic carbocycles. The Kier molecular flexibility index (Phi) is 6.27. The van der Waals surface area contributed by atoms with E-state index in [9.17, 15) is 15.0 Å². The molecule has 4 aliphatic rings. The van der Waals surface area contributed by atoms with E-state index in [0.29, 0.717) is 40.4 Å². The Bertz CT molecular complexity index is 671. The minimum atomic E-state index is -0.185. The first-order valence-corrected chi connectivity index (χ1v) is 12.7. The molecular formula is C27H44O3. The van der Waals surface area contributed by atoms with E-state index in [2.05, 4.69) is 20.8 Å². The largest absolute Gasteiger partial charge is 0.393 e. The van der Waals surface area contributed by atoms with E-state index in [4.69, 9.17) is 0 Å². The zero-order chi connectivity index (χ0) is 21.7. The molecule has 0 aromatic rings. The molecule has 10 unspecified atom stereocenters. The molecule has 0 heterocycles. The van der Waals surface area contributed by atoms with Crippen LogP contribution in [0.5, 0.6) is 0 Å². The van der Waals surface area contributed by atoms with Crippen molar-refractivity contribution in [2.75, 3.05) is 0 Å². The fraction of sp³-hybridized carbons (Fsp3) is 0.889. The minimum Gasteiger partial charge on any atom is -0.393 e. The SMILES string of the molecule is CC(=O)/C=C/CCC(C)C1CCC2C3C(O)CC4CC(O)CCC4(C)C3CCC12C. The van der Waals surface area contributed by atoms with Gasteiger partial charge in [0.25, 0.3) is 0 Å². The molecule has 3 heteroatoms. The minimum absolute atomic E-state index is 0.141. The van der Waals surface area contributed by atoms with Gasteiger partial charge in [0.15, 0.2) is 5.78 Å². The number of carbonyl (C=O) groups is 1. The van der Waals surface area contributed by atoms with Gasteiger partial charge in [-0.3, -0.25) is 4.79 Å². The molecular weight excluding hydrogens is 372 g/mol. The first-order valence-electron chi connectivity index (χ1n) is 12.7. The quantitative estimate of drug-likeness (QED) is 0.579. The van der Waals surface area contributed by atoms with Gasteiger partial charge in [0, 0.05) is 0 Å². The van der Waals surface area contributed by atoms with Crippen LogP contribution < -0.4 is 0 Å². The first-order chi connectivity index (χ1) is 14.2. The average molecular weight is 417 g/mol. The maximum Gasteiger partial charge on any atom is 0.152 e. The summed E-state index contributed by atoms with van der Waals surface area (Å²) in [5, 5.41) is 21.6. The molecule has 0 amide bonds. The summed E-state index contributed by atoms with van der Waals surface area (Å²) in [4.78, 5) is 11.2. The Morgan fingerprint density at radius 3 is 2.47 bits per heavy atom. The van der Waals surface area contributed by atoms with Crippen molar-refractivity contribution in [3.63, 3.8) is 0 Å². The van der Waals surface area contributed by atoms with Crippen molar-refractivity contribution in [1.29, 1.82) is 0 Å². The molecule has 0 bridgehead atoms. The van der Waals surface area contributed by atoms with Crippen molar-refractivity contribution in [2.45, 2.75) is 104 Å². The van der Waals surface area contributed by atoms with Crippen molar-refractivity contribution >= 4 is 5.78 Å². The van der Waals surface area contributed by atoms with E-state index in [1.54, 1.807) is 13.0 Å². The summed E-state index contributed by atoms with van der Waals surface area (Å²) >= 11 is 0. The summed E-state index contributed by atoms with van der Waals surface area (Å²) in [6, 6.07) is 0. The molecule has 3 nitrogen and oxygen atoms in total. The third-order valence-corrected chi connectivity index (χ3v) is 10.6. The Labute approximate surface area is 183 Å². The number of aliphatic hydroxyl groups is 2. The highest BCUT2D eigenvalue weighted by molar-refractivity contribution is 5.87. The Hall–Kier alpha value is -0.670. The van der Waals surface area contributed by atoms with Crippen LogP contribution in [0.25, 0.3) is 0 Å². The van der Waals surface area contributed by atoms with Crippen LogP contribution in [0.15, 0.2) is 12.2 Å². The number of hydrogen-bond donors (Lipinski definition) is 2. The Morgan fingerprint density at radius 2 is 1.73 bits per heavy atom. The van der Waals surface area contributed by atoms with Crippen molar-refractivity contribution in [2.24, 2.45) is 46.3 Å². The van der Waals surface area contributed by atoms with Gasteiger partial charge in [0.05, 0.1) is 12.2 Å². The highest BCUT2D eigenvalue weighted by Crippen LogP contribution is 2.68. The summed E-state index contributed by atoms with van der Waals surface area (Å²) in [7, 11) is 0. The number of ketones is 1. The molecule has 170 valence electrons. The van der Waals surface area contributed by atoms with Crippen LogP contribution in [0.2, 0.25) is 0 Å². The van der Waals surface area contributed by atoms with E-state index >= 15 is 0 Å². The molecule has 0 saturated heterocycles. The summed E-state index contributed by atoms with van der Waals surface area (Å²) in [5.74, 6) is 3.77. The number of aliphatic hydroxyl groups excluding tert-OH is 2. The molecule has 0 aliphatic heterocycles. The fourth-order valence-electron chi connectivity index (χ4n) is 8.99. The van der Waals surface area contributed by atoms with Crippen LogP contribution in [-0.4, -0.2) is 28.2 Å². The van der Waals surface area contributed by atoms with Crippen molar-refractivity contribution in [3.05, 3.63) is 12.2 Å². The highest BCUT2D eigenvalue weighted by Gasteiger charge is 2.62. The van der Waals surface area contributed by atoms with Gasteiger partial charge in [-0.25, -0.2) is 0 Å². The summed E-state index contributed by atoms with van der Waals surface area (Å²) in [6.45, 7) is 9.07. The molecule has 2 N–H and O–H groups in total. The molecule has 4 saturated carbocycles. The second kappa shape index (κ2) is 8.35. The number of hydrogen-bond acceptors (Lipinski definition) is 3. The van der Waals surface area contributed by atoms with Crippen LogP contribution in [0, 0.1) is 46.3 Å². The maximum absolute atomic E-state index is 11.3. The topological polar surface area (TPSA) is 57.5 Å². The van der Waals surface area contributed by atoms with Gasteiger partial charge in [-0.05, 0) is 124 Å². The Balaban J connectivity index is 1.49. The van der Waals surface area contributed by atoms with Crippen molar-refractivity contribution in [1.82, 2.24) is 0 Å². The van der Waals surface area contributed by atoms with Crippen LogP contribution in [0.1, 0.15) is 91.9 Å². The first kappa shape index (κ1) is 22.5. The molecule has 0 spiro atoms. The van der Waals surface area contributed by atoms with E-state index in [1.807, 2.05) is 6.08 Å². The summed E-state index contributed by atoms with van der Waals surface area (Å²) in [6.07, 6.45) is 14.6. The van der Waals surface area contributed by atoms with Gasteiger partial charge in [-0.15, -0.1) is 0 Å². The van der Waals surface area contributed by atoms with Gasteiger partial charge in [-0.1, -0.05) is 26.8 Å². The molecule has 4 rings (SSSR count). The molecule has 0 aromatic carbocycles. The second-order valence-electron chi connectivity index (χ2n) is 12.0. The van der Waals surface area contributed by atoms with Crippen LogP contribution in [0.4, 0.5) is 0 Å². The molecule has 0 aromatic heterocycles. The predicted molar refractivity (Wildman–Crippen MR) is 121 cm³/mol. The highest BCUT2D eigenvalue weighted by atomic mass is 16.3. The molecule has 30 heavy (non-hydrogen) atoms. The number of fused-ring (bicyclic) bond motifs is 5. The monoisotopic (exact) mass is 416 g/mol. The van der Waals surface area contributed by atoms with E-state index < -0.39 is 0 Å². The van der Waals surface area contributed by atoms with Crippen molar-refractivity contribution < 1.29 is 15.0 Å². The van der Waals surface area contributed by atoms with E-state index in [-0.39, 0.29) is 18.0 Å². The number of rotatable bonds is 5. The summed E-state index contributed by atoms with van der Waals surface area (Å²) < 4.78 is 0. The maximum atomic E-state index is 11.3. The molecule has 10 atom stereocenters. The normalized spacial score (nSPS) is 49.3. The van der Waals surface area contributed by atoms with Gasteiger partial charge in [0.1, 0.15) is 0 Å². The smallest absolute Gasteiger partial charge is 0.152 e. The zero-order valence-electron chi connectivity index (χ0n) is 19.6. The van der Waals surface area contributed by atoms with Gasteiger partial charge >= 0.3 is 0 Å². The third-order valence-electron chi connectivity index (χ3n) is 10.6. The van der Waals surface area contributed by atoms with Crippen LogP contribution in [0.3, 0.4) is 0 Å². The Morgan fingerprint density at radius 1 is 1.03 bits per heavy atom. The lowest BCUT2D eigenvalue weighted by Gasteiger charge is -2.62. The fourth-order valence-corrected chi connectivity index (χ4v) is 8.99. The van der Waals surface area contributed by atoms with Crippen molar-refractivity contribution in [3.8, 4) is 0 Å². The van der Waals surface area contributed by atoms with Gasteiger partial charge in [0.2, 0.25) is 0 Å². The lowest BCUT2D eigenvalue weighted by atomic mass is 9.43. The lowest BCUT2D eigenvalue weighted by molar-refractivity contribution is -0.174. The van der Waals surface area contributed by atoms with E-state index in [0.717, 1.165) is 44.4 Å². The third kappa shape index (κ3) is 3.72. The zero-order valence-corrected chi connectivity index (χ0v) is 19.6. The van der Waals surface area contributed by atoms with Crippen LogP contribution in [-0.2, 0) is 4.79 Å². The van der Waals surface area contributed by atoms with Gasteiger partial charge < -0.3 is 10.2 Å². The van der Waals surface area contributed by atoms with Crippen LogP contribution >= 0.6 is 0 Å². The molecule has 0 radical (unpaired) electrons. The standard InChI is InChI=1S/C27H44O3/c1-17(7-5-6-8-18(2)28)21-9-10-22-25-23(12-14-27(21,22)4)26(3)13-11-20(29)15-19(26)16-24(25)30/h6,8,17,19-25,29-30H,5,7,9-16H2,1-4H3/b8-6+. The average Bonchev–Trinajstić information content (AvgIpc) is 3.03. The van der Waals surface area contributed by atoms with Gasteiger partial charge in [-0.2, -0.15) is 0 Å². The second-order valence-corrected chi connectivity index (χ2v) is 12.0.